The van der Waals surface area contributed by atoms with Gasteiger partial charge >= 0.3 is 22.8 Å². The third-order valence-corrected chi connectivity index (χ3v) is 17.3. The van der Waals surface area contributed by atoms with Gasteiger partial charge in [0.15, 0.2) is 11.9 Å². The van der Waals surface area contributed by atoms with E-state index in [4.69, 9.17) is 28.0 Å². The Morgan fingerprint density at radius 1 is 0.477 bits per heavy atom. The van der Waals surface area contributed by atoms with Crippen molar-refractivity contribution in [3.63, 3.8) is 0 Å². The van der Waals surface area contributed by atoms with Gasteiger partial charge in [0, 0.05) is 44.2 Å². The van der Waals surface area contributed by atoms with Crippen molar-refractivity contribution >= 4 is 108 Å². The summed E-state index contributed by atoms with van der Waals surface area (Å²) in [6.07, 6.45) is 1.69. The van der Waals surface area contributed by atoms with Crippen LogP contribution in [0.25, 0.3) is 43.4 Å². The van der Waals surface area contributed by atoms with Crippen LogP contribution in [0.1, 0.15) is 41.6 Å². The maximum atomic E-state index is 15.3. The highest BCUT2D eigenvalue weighted by molar-refractivity contribution is 6.18. The molecule has 21 N–H and O–H groups in total. The van der Waals surface area contributed by atoms with Crippen molar-refractivity contribution in [2.45, 2.75) is 95.0 Å². The molecule has 570 valence electrons. The molecule has 9 rings (SSSR count). The molecule has 0 bridgehead atoms. The molecule has 4 heterocycles. The lowest BCUT2D eigenvalue weighted by molar-refractivity contribution is -0.140. The van der Waals surface area contributed by atoms with Crippen molar-refractivity contribution in [3.8, 4) is 0 Å². The van der Waals surface area contributed by atoms with Gasteiger partial charge in [-0.1, -0.05) is 72.8 Å². The molecule has 109 heavy (non-hydrogen) atoms. The number of primary amides is 1. The predicted octanol–water partition coefficient (Wildman–Crippen LogP) is -6.08. The number of nitrogens with two attached hydrogens (primary N) is 3. The van der Waals surface area contributed by atoms with Gasteiger partial charge in [-0.2, -0.15) is 0 Å². The van der Waals surface area contributed by atoms with Crippen LogP contribution in [0, 0.1) is 17.7 Å². The van der Waals surface area contributed by atoms with E-state index in [1.807, 2.05) is 23.2 Å². The van der Waals surface area contributed by atoms with E-state index in [1.54, 1.807) is 36.4 Å². The first kappa shape index (κ1) is 78.8. The van der Waals surface area contributed by atoms with Crippen molar-refractivity contribution in [1.29, 1.82) is 10.8 Å². The summed E-state index contributed by atoms with van der Waals surface area (Å²) in [5, 5.41) is 39.6. The fraction of sp³-hybridized carbons (Fsp3) is 0.290. The molecule has 40 nitrogen and oxygen atoms in total. The number of nitrogens with one attached hydrogen (secondary N) is 15. The van der Waals surface area contributed by atoms with Crippen LogP contribution >= 0.6 is 0 Å². The zero-order valence-electron chi connectivity index (χ0n) is 58.4. The van der Waals surface area contributed by atoms with Crippen LogP contribution < -0.4 is 110 Å². The highest BCUT2D eigenvalue weighted by atomic mass is 16.2. The number of aryl methyl sites for hydroxylation is 1. The number of aromatic amines is 4. The Kier molecular flexibility index (Phi) is 25.6. The molecule has 6 atom stereocenters. The summed E-state index contributed by atoms with van der Waals surface area (Å²) in [4.78, 5) is 247. The molecule has 5 aromatic carbocycles. The van der Waals surface area contributed by atoms with E-state index in [1.165, 1.54) is 55.5 Å². The number of H-pyrrole nitrogens is 4. The first-order valence-electron chi connectivity index (χ1n) is 33.7. The fourth-order valence-corrected chi connectivity index (χ4v) is 11.9. The third-order valence-electron chi connectivity index (χ3n) is 17.3. The molecule has 0 spiro atoms. The fourth-order valence-electron chi connectivity index (χ4n) is 11.9. The number of benzene rings is 5. The maximum absolute atomic E-state index is 15.3. The monoisotopic (exact) mass is 1500 g/mol. The van der Waals surface area contributed by atoms with Crippen LogP contribution in [0.2, 0.25) is 0 Å². The van der Waals surface area contributed by atoms with Crippen LogP contribution in [-0.4, -0.2) is 178 Å². The number of fused-ring (bicyclic) bond motifs is 4. The maximum Gasteiger partial charge on any atom is 0.328 e. The summed E-state index contributed by atoms with van der Waals surface area (Å²) in [6.45, 7) is -4.36. The van der Waals surface area contributed by atoms with Gasteiger partial charge in [-0.15, -0.1) is 0 Å². The lowest BCUT2D eigenvalue weighted by Crippen LogP contribution is -2.62. The number of para-hydroxylation sites is 2. The molecule has 0 aliphatic carbocycles. The normalized spacial score (nSPS) is 12.8. The average molecular weight is 1500 g/mol. The van der Waals surface area contributed by atoms with Gasteiger partial charge in [-0.25, -0.2) is 19.2 Å². The van der Waals surface area contributed by atoms with E-state index < -0.39 is 186 Å². The summed E-state index contributed by atoms with van der Waals surface area (Å²) in [7, 11) is 1.03. The highest BCUT2D eigenvalue weighted by Gasteiger charge is 2.36. The van der Waals surface area contributed by atoms with Gasteiger partial charge in [0.05, 0.1) is 66.6 Å². The summed E-state index contributed by atoms with van der Waals surface area (Å²) in [6, 6.07) is 16.8. The summed E-state index contributed by atoms with van der Waals surface area (Å²) in [5.41, 5.74) is 8.56. The standard InChI is InChI=1S/C69H77N23O17/c1-35-29-90(67(107)87-55(35)97)30-46(57(99)80-44(54(70)96)21-11-24-75-64(71)72)81-59(101)48(33-92-62(104)41-18-8-10-20-43(41)85-69(92)109)82-58(100)47(32-91-61(103)40-17-7-9-19-42(40)84-68(91)108)79-52(95)34-88(2)63(105)49(31-89-26-23-50(93)86-66(89)106)83-56(98)45(22-12-25-76-65(73)74)78-51(94)28-77-60(102)53-38-15-5-3-13-36(38)27-37-14-4-6-16-39(37)53/h3-10,13-20,23,26-27,29,44-49H,11-12,21-22,24-25,28,30-34H2,1-2H3,(H2,70,96)(H,77,102)(H,78,94)(H,79,95)(H,80,99)(H,81,101)(H,82,100)(H,83,98)(H,84,108)(H,85,109)(H4,71,72,75)(H4,73,74,76)(H,86,93,106)(H,87,97,107)/t44-,45-,46+,47+,48+,49+/m0/s1. The number of nitrogens with zero attached hydrogens (tertiary/aromatic N) is 5. The van der Waals surface area contributed by atoms with E-state index in [0.29, 0.717) is 24.8 Å². The zero-order valence-corrected chi connectivity index (χ0v) is 58.4. The Labute approximate surface area is 612 Å². The molecule has 0 radical (unpaired) electrons. The van der Waals surface area contributed by atoms with E-state index in [9.17, 15) is 71.9 Å². The Morgan fingerprint density at radius 2 is 0.917 bits per heavy atom. The second-order valence-electron chi connectivity index (χ2n) is 25.2. The minimum absolute atomic E-state index is 0.0135. The van der Waals surface area contributed by atoms with Crippen molar-refractivity contribution < 1.29 is 43.2 Å². The first-order chi connectivity index (χ1) is 51.9. The van der Waals surface area contributed by atoms with Crippen LogP contribution in [0.5, 0.6) is 0 Å². The number of carbonyl (C=O) groups is 9. The Hall–Kier alpha value is -14.4. The third kappa shape index (κ3) is 20.1. The van der Waals surface area contributed by atoms with Gasteiger partial charge < -0.3 is 79.9 Å². The molecular formula is C69H77N23O17. The van der Waals surface area contributed by atoms with Crippen LogP contribution in [0.3, 0.4) is 0 Å². The van der Waals surface area contributed by atoms with Crippen molar-refractivity contribution in [2.24, 2.45) is 17.2 Å². The van der Waals surface area contributed by atoms with Gasteiger partial charge in [-0.3, -0.25) is 101 Å². The molecule has 9 amide bonds. The first-order valence-corrected chi connectivity index (χ1v) is 33.7. The topological polar surface area (TPSA) is 610 Å². The smallest absolute Gasteiger partial charge is 0.328 e. The van der Waals surface area contributed by atoms with Crippen LogP contribution in [0.15, 0.2) is 160 Å². The minimum atomic E-state index is -2.26. The molecule has 4 aromatic heterocycles. The number of amides is 9. The second-order valence-corrected chi connectivity index (χ2v) is 25.2. The predicted molar refractivity (Wildman–Crippen MR) is 396 cm³/mol. The second kappa shape index (κ2) is 35.4. The number of guanidine groups is 2. The number of likely N-dealkylation sites (N-methyl/N-ethyl adjacent to an activating group) is 1. The molecule has 0 saturated carbocycles. The molecule has 40 heteroatoms. The van der Waals surface area contributed by atoms with E-state index in [2.05, 4.69) is 62.8 Å². The quantitative estimate of drug-likeness (QED) is 0.00788. The van der Waals surface area contributed by atoms with Crippen molar-refractivity contribution in [1.82, 2.24) is 91.0 Å². The lowest BCUT2D eigenvalue weighted by atomic mass is 9.96. The van der Waals surface area contributed by atoms with E-state index >= 15 is 9.59 Å². The minimum Gasteiger partial charge on any atom is -0.370 e. The molecule has 0 saturated heterocycles. The largest absolute Gasteiger partial charge is 0.370 e. The number of hydrogen-bond donors (Lipinski definition) is 18. The highest BCUT2D eigenvalue weighted by Crippen LogP contribution is 2.28. The number of hydrogen-bond acceptors (Lipinski definition) is 19. The molecule has 9 aromatic rings. The van der Waals surface area contributed by atoms with Gasteiger partial charge in [-0.05, 0) is 84.5 Å². The Balaban J connectivity index is 1.03. The van der Waals surface area contributed by atoms with Gasteiger partial charge in [0.1, 0.15) is 36.3 Å². The molecule has 0 fully saturated rings. The Bertz CT molecular complexity index is 5540. The van der Waals surface area contributed by atoms with E-state index in [-0.39, 0.29) is 71.7 Å². The summed E-state index contributed by atoms with van der Waals surface area (Å²) < 4.78 is 2.59. The van der Waals surface area contributed by atoms with Gasteiger partial charge in [0.2, 0.25) is 47.3 Å². The number of carbonyl (C=O) groups excluding carboxylic acids is 9. The van der Waals surface area contributed by atoms with Crippen LogP contribution in [0.4, 0.5) is 0 Å². The molecule has 0 unspecified atom stereocenters. The Morgan fingerprint density at radius 3 is 1.44 bits per heavy atom. The zero-order chi connectivity index (χ0) is 78.9. The van der Waals surface area contributed by atoms with Crippen LogP contribution in [-0.2, 0) is 64.5 Å². The molecule has 0 aliphatic heterocycles. The van der Waals surface area contributed by atoms with Crippen molar-refractivity contribution in [3.05, 3.63) is 216 Å². The molecule has 0 aliphatic rings. The summed E-state index contributed by atoms with van der Waals surface area (Å²) in [5.74, 6) is -11.2. The number of aromatic nitrogens is 8. The van der Waals surface area contributed by atoms with E-state index in [0.717, 1.165) is 45.4 Å². The lowest BCUT2D eigenvalue weighted by Gasteiger charge is -2.28. The molecular weight excluding hydrogens is 1420 g/mol. The van der Waals surface area contributed by atoms with Gasteiger partial charge in [0.25, 0.3) is 28.1 Å². The average Bonchev–Trinajstić information content (AvgIpc) is 0.768. The number of rotatable bonds is 33. The SMILES string of the molecule is Cc1cn(C[C@@H](NC(=O)[C@@H](Cn2c(=O)[nH]c3ccccc3c2=O)NC(=O)[C@@H](Cn2c(=O)[nH]c3ccccc3c2=O)NC(=O)CN(C)C(=O)[C@@H](Cn2ccc(=O)[nH]c2=O)NC(=O)[C@H](CCCNC(=N)N)NC(=O)CNC(=O)c2c3ccccc3cc3ccccc23)C(=O)N[C@@H](CCCNC(=N)N)C(N)=O)c(=O)[nH]c1=O. The summed E-state index contributed by atoms with van der Waals surface area (Å²) >= 11 is 0. The van der Waals surface area contributed by atoms with Crippen molar-refractivity contribution in [2.75, 3.05) is 33.2 Å².